The number of piperazine rings is 3. The first-order chi connectivity index (χ1) is 5.18. The van der Waals surface area contributed by atoms with Crippen molar-refractivity contribution in [2.45, 2.75) is 7.43 Å². The minimum atomic E-state index is -0.198. The van der Waals surface area contributed by atoms with Crippen LogP contribution in [0.3, 0.4) is 0 Å². The molecule has 2 nitrogen and oxygen atoms in total. The number of hydrogen-bond acceptors (Lipinski definition) is 0. The maximum atomic E-state index is 13.5. The minimum Gasteiger partial charge on any atom is -0.297 e. The van der Waals surface area contributed by atoms with E-state index in [1.807, 2.05) is 0 Å². The zero-order chi connectivity index (χ0) is 7.95. The van der Waals surface area contributed by atoms with Gasteiger partial charge >= 0.3 is 0 Å². The molecule has 3 heterocycles. The molecule has 4 heteroatoms. The van der Waals surface area contributed by atoms with Gasteiger partial charge in [-0.05, 0) is 4.48 Å². The zero-order valence-corrected chi connectivity index (χ0v) is 7.36. The Morgan fingerprint density at radius 1 is 1.00 bits per heavy atom. The van der Waals surface area contributed by atoms with Crippen LogP contribution >= 0.6 is 11.6 Å². The second kappa shape index (κ2) is 3.13. The third-order valence-corrected chi connectivity index (χ3v) is 3.69. The number of nitrogens with zero attached hydrogens (tertiary/aromatic N) is 2. The predicted molar refractivity (Wildman–Crippen MR) is 48.3 cm³/mol. The van der Waals surface area contributed by atoms with Crippen molar-refractivity contribution in [2.24, 2.45) is 0 Å². The summed E-state index contributed by atoms with van der Waals surface area (Å²) in [6.07, 6.45) is 0. The van der Waals surface area contributed by atoms with Crippen molar-refractivity contribution in [3.63, 3.8) is 0 Å². The van der Waals surface area contributed by atoms with Gasteiger partial charge in [0.2, 0.25) is 0 Å². The molecule has 3 fully saturated rings. The van der Waals surface area contributed by atoms with Crippen LogP contribution in [0.15, 0.2) is 0 Å². The van der Waals surface area contributed by atoms with Crippen LogP contribution in [0.25, 0.3) is 0 Å². The highest BCUT2D eigenvalue weighted by Gasteiger charge is 2.50. The van der Waals surface area contributed by atoms with E-state index in [4.69, 9.17) is 11.6 Å². The van der Waals surface area contributed by atoms with Gasteiger partial charge in [0.05, 0.1) is 0 Å². The topological polar surface area (TPSA) is 0 Å². The Labute approximate surface area is 78.6 Å². The quantitative estimate of drug-likeness (QED) is 0.257. The van der Waals surface area contributed by atoms with E-state index < -0.39 is 0 Å². The van der Waals surface area contributed by atoms with E-state index in [1.54, 1.807) is 0 Å². The second-order valence-corrected chi connectivity index (χ2v) is 4.07. The molecule has 3 aliphatic heterocycles. The summed E-state index contributed by atoms with van der Waals surface area (Å²) in [5.74, 6) is 0. The van der Waals surface area contributed by atoms with Gasteiger partial charge in [-0.15, -0.1) is 4.71 Å². The lowest BCUT2D eigenvalue weighted by molar-refractivity contribution is -1.15. The predicted octanol–water partition coefficient (Wildman–Crippen LogP) is 1.36. The number of alkyl halides is 1. The number of fused-ring (bicyclic) bond motifs is 3. The maximum absolute atomic E-state index is 13.5. The Bertz CT molecular complexity index is 150. The Morgan fingerprint density at radius 2 is 1.42 bits per heavy atom. The highest BCUT2D eigenvalue weighted by molar-refractivity contribution is 6.17. The molecule has 0 aromatic carbocycles. The Morgan fingerprint density at radius 3 is 1.75 bits per heavy atom. The highest BCUT2D eigenvalue weighted by atomic mass is 35.5. The molecule has 0 unspecified atom stereocenters. The van der Waals surface area contributed by atoms with Crippen LogP contribution in [0.1, 0.15) is 7.43 Å². The summed E-state index contributed by atoms with van der Waals surface area (Å²) in [7, 11) is 0. The molecule has 0 spiro atoms. The smallest absolute Gasteiger partial charge is 0.164 e. The van der Waals surface area contributed by atoms with Gasteiger partial charge in [-0.25, -0.2) is 0 Å². The van der Waals surface area contributed by atoms with Crippen molar-refractivity contribution in [3.8, 4) is 0 Å². The van der Waals surface area contributed by atoms with Crippen molar-refractivity contribution in [2.75, 3.05) is 45.3 Å². The molecule has 3 saturated heterocycles. The summed E-state index contributed by atoms with van der Waals surface area (Å²) >= 11 is 5.85. The van der Waals surface area contributed by atoms with Gasteiger partial charge in [0.25, 0.3) is 0 Å². The summed E-state index contributed by atoms with van der Waals surface area (Å²) < 4.78 is 14.3. The van der Waals surface area contributed by atoms with Gasteiger partial charge in [-0.1, -0.05) is 19.0 Å². The van der Waals surface area contributed by atoms with E-state index in [0.29, 0.717) is 25.6 Å². The second-order valence-electron chi connectivity index (χ2n) is 3.83. The zero-order valence-electron chi connectivity index (χ0n) is 6.60. The summed E-state index contributed by atoms with van der Waals surface area (Å²) in [6.45, 7) is 4.81. The SMILES string of the molecule is C.F[N+]12CC[N+](CCl)(CC1)CC2. The Hall–Kier alpha value is 0.140. The van der Waals surface area contributed by atoms with Crippen LogP contribution < -0.4 is 0 Å². The molecule has 0 N–H and O–H groups in total. The van der Waals surface area contributed by atoms with E-state index in [2.05, 4.69) is 0 Å². The normalized spacial score (nSPS) is 45.5. The number of quaternary nitrogens is 2. The monoisotopic (exact) mass is 196 g/mol. The highest BCUT2D eigenvalue weighted by Crippen LogP contribution is 2.27. The lowest BCUT2D eigenvalue weighted by Gasteiger charge is -2.48. The van der Waals surface area contributed by atoms with E-state index in [1.165, 1.54) is 0 Å². The molecule has 72 valence electrons. The van der Waals surface area contributed by atoms with Gasteiger partial charge in [0.1, 0.15) is 19.6 Å². The Balaban J connectivity index is 0.000000720. The molecular weight excluding hydrogens is 179 g/mol. The molecule has 0 atom stereocenters. The molecule has 0 radical (unpaired) electrons. The van der Waals surface area contributed by atoms with E-state index in [-0.39, 0.29) is 12.1 Å². The fourth-order valence-corrected chi connectivity index (χ4v) is 2.38. The summed E-state index contributed by atoms with van der Waals surface area (Å²) in [6, 6.07) is 0.667. The van der Waals surface area contributed by atoms with E-state index in [9.17, 15) is 4.48 Å². The van der Waals surface area contributed by atoms with Crippen LogP contribution in [0.5, 0.6) is 0 Å². The molecule has 0 amide bonds. The van der Waals surface area contributed by atoms with Crippen molar-refractivity contribution in [1.82, 2.24) is 0 Å². The molecule has 0 aliphatic carbocycles. The third kappa shape index (κ3) is 1.45. The van der Waals surface area contributed by atoms with Crippen LogP contribution in [-0.4, -0.2) is 54.5 Å². The fourth-order valence-electron chi connectivity index (χ4n) is 2.02. The van der Waals surface area contributed by atoms with Crippen LogP contribution in [0.2, 0.25) is 0 Å². The Kier molecular flexibility index (Phi) is 2.66. The average Bonchev–Trinajstić information content (AvgIpc) is 2.07. The number of halogens is 2. The first kappa shape index (κ1) is 10.2. The van der Waals surface area contributed by atoms with Crippen molar-refractivity contribution < 1.29 is 13.7 Å². The molecule has 0 aromatic rings. The van der Waals surface area contributed by atoms with Crippen molar-refractivity contribution in [1.29, 1.82) is 0 Å². The molecule has 3 rings (SSSR count). The van der Waals surface area contributed by atoms with E-state index >= 15 is 0 Å². The summed E-state index contributed by atoms with van der Waals surface area (Å²) in [5.41, 5.74) is 0. The molecule has 0 aromatic heterocycles. The standard InChI is InChI=1S/C7H14ClFN2.CH4/c8-7-10-1-4-11(9,5-2-10)6-3-10;/h1-7H2;1H4/q+2;. The van der Waals surface area contributed by atoms with Gasteiger partial charge in [0, 0.05) is 0 Å². The summed E-state index contributed by atoms with van der Waals surface area (Å²) in [4.78, 5) is 0. The van der Waals surface area contributed by atoms with Crippen LogP contribution in [-0.2, 0) is 0 Å². The molecule has 3 aliphatic rings. The first-order valence-electron chi connectivity index (χ1n) is 4.15. The minimum absolute atomic E-state index is 0. The molecule has 2 bridgehead atoms. The molecule has 0 saturated carbocycles. The largest absolute Gasteiger partial charge is 0.297 e. The maximum Gasteiger partial charge on any atom is 0.164 e. The van der Waals surface area contributed by atoms with Crippen molar-refractivity contribution >= 4 is 11.6 Å². The lowest BCUT2D eigenvalue weighted by Crippen LogP contribution is -2.71. The van der Waals surface area contributed by atoms with Gasteiger partial charge in [-0.2, -0.15) is 0 Å². The van der Waals surface area contributed by atoms with Crippen LogP contribution in [0, 0.1) is 0 Å². The van der Waals surface area contributed by atoms with E-state index in [0.717, 1.165) is 24.1 Å². The van der Waals surface area contributed by atoms with Crippen LogP contribution in [0.4, 0.5) is 4.48 Å². The lowest BCUT2D eigenvalue weighted by atomic mass is 10.2. The third-order valence-electron chi connectivity index (χ3n) is 3.18. The van der Waals surface area contributed by atoms with Crippen molar-refractivity contribution in [3.05, 3.63) is 0 Å². The first-order valence-corrected chi connectivity index (χ1v) is 4.68. The molecular formula is C8H18ClFN2+2. The number of hydrogen-bond donors (Lipinski definition) is 0. The molecule has 12 heavy (non-hydrogen) atoms. The fraction of sp³-hybridized carbons (Fsp3) is 1.00. The van der Waals surface area contributed by atoms with Gasteiger partial charge < -0.3 is 0 Å². The van der Waals surface area contributed by atoms with Gasteiger partial charge in [-0.3, -0.25) is 4.48 Å². The summed E-state index contributed by atoms with van der Waals surface area (Å²) in [5, 5.41) is 0. The van der Waals surface area contributed by atoms with Gasteiger partial charge in [0.15, 0.2) is 25.6 Å². The number of rotatable bonds is 1. The average molecular weight is 197 g/mol.